The van der Waals surface area contributed by atoms with Crippen LogP contribution < -0.4 is 10.1 Å². The van der Waals surface area contributed by atoms with E-state index in [4.69, 9.17) is 0 Å². The van der Waals surface area contributed by atoms with Crippen LogP contribution in [0.15, 0.2) is 30.5 Å². The molecule has 0 aliphatic rings. The molecular formula is C14H15F3N2OS. The van der Waals surface area contributed by atoms with Gasteiger partial charge in [0.1, 0.15) is 5.75 Å². The molecule has 0 bridgehead atoms. The Kier molecular flexibility index (Phi) is 4.72. The molecule has 7 heteroatoms. The highest BCUT2D eigenvalue weighted by molar-refractivity contribution is 7.18. The van der Waals surface area contributed by atoms with Gasteiger partial charge in [-0.05, 0) is 23.6 Å². The number of ether oxygens (including phenoxy) is 1. The van der Waals surface area contributed by atoms with Crippen LogP contribution in [0.1, 0.15) is 13.8 Å². The fourth-order valence-electron chi connectivity index (χ4n) is 1.63. The van der Waals surface area contributed by atoms with Crippen molar-refractivity contribution in [2.75, 3.05) is 11.9 Å². The molecule has 1 N–H and O–H groups in total. The van der Waals surface area contributed by atoms with Gasteiger partial charge in [-0.15, -0.1) is 13.2 Å². The van der Waals surface area contributed by atoms with Crippen LogP contribution in [0, 0.1) is 5.92 Å². The lowest BCUT2D eigenvalue weighted by atomic mass is 10.2. The number of aromatic nitrogens is 1. The molecule has 2 rings (SSSR count). The van der Waals surface area contributed by atoms with Crippen LogP contribution in [0.5, 0.6) is 5.75 Å². The maximum Gasteiger partial charge on any atom is 0.573 e. The fourth-order valence-corrected chi connectivity index (χ4v) is 2.45. The van der Waals surface area contributed by atoms with E-state index in [-0.39, 0.29) is 5.75 Å². The maximum atomic E-state index is 12.2. The van der Waals surface area contributed by atoms with Gasteiger partial charge in [-0.3, -0.25) is 0 Å². The number of alkyl halides is 3. The summed E-state index contributed by atoms with van der Waals surface area (Å²) in [5.41, 5.74) is 0.645. The SMILES string of the molecule is CC(C)CNc1ncc(-c2cccc(OC(F)(F)F)c2)s1. The molecule has 1 aromatic carbocycles. The van der Waals surface area contributed by atoms with Crippen molar-refractivity contribution in [2.45, 2.75) is 20.2 Å². The van der Waals surface area contributed by atoms with Gasteiger partial charge in [0.25, 0.3) is 0 Å². The molecule has 0 radical (unpaired) electrons. The van der Waals surface area contributed by atoms with E-state index in [9.17, 15) is 13.2 Å². The minimum Gasteiger partial charge on any atom is -0.406 e. The molecule has 0 spiro atoms. The fraction of sp³-hybridized carbons (Fsp3) is 0.357. The van der Waals surface area contributed by atoms with Crippen molar-refractivity contribution >= 4 is 16.5 Å². The molecule has 1 aromatic heterocycles. The lowest BCUT2D eigenvalue weighted by molar-refractivity contribution is -0.274. The van der Waals surface area contributed by atoms with Crippen molar-refractivity contribution in [3.63, 3.8) is 0 Å². The molecule has 0 saturated carbocycles. The highest BCUT2D eigenvalue weighted by atomic mass is 32.1. The van der Waals surface area contributed by atoms with Crippen molar-refractivity contribution in [3.05, 3.63) is 30.5 Å². The highest BCUT2D eigenvalue weighted by Crippen LogP contribution is 2.32. The van der Waals surface area contributed by atoms with Crippen LogP contribution >= 0.6 is 11.3 Å². The van der Waals surface area contributed by atoms with Crippen molar-refractivity contribution in [1.82, 2.24) is 4.98 Å². The van der Waals surface area contributed by atoms with Gasteiger partial charge in [0.15, 0.2) is 5.13 Å². The quantitative estimate of drug-likeness (QED) is 0.862. The van der Waals surface area contributed by atoms with Crippen molar-refractivity contribution < 1.29 is 17.9 Å². The molecule has 0 saturated heterocycles. The molecule has 0 amide bonds. The summed E-state index contributed by atoms with van der Waals surface area (Å²) in [7, 11) is 0. The number of nitrogens with one attached hydrogen (secondary N) is 1. The van der Waals surface area contributed by atoms with E-state index in [1.807, 2.05) is 0 Å². The van der Waals surface area contributed by atoms with Crippen molar-refractivity contribution in [2.24, 2.45) is 5.92 Å². The summed E-state index contributed by atoms with van der Waals surface area (Å²) in [6.45, 7) is 4.96. The van der Waals surface area contributed by atoms with Gasteiger partial charge >= 0.3 is 6.36 Å². The Hall–Kier alpha value is -1.76. The third-order valence-electron chi connectivity index (χ3n) is 2.52. The van der Waals surface area contributed by atoms with Gasteiger partial charge in [-0.2, -0.15) is 0 Å². The molecular weight excluding hydrogens is 301 g/mol. The number of nitrogens with zero attached hydrogens (tertiary/aromatic N) is 1. The number of anilines is 1. The predicted octanol–water partition coefficient (Wildman–Crippen LogP) is 4.78. The average Bonchev–Trinajstić information content (AvgIpc) is 2.83. The van der Waals surface area contributed by atoms with Gasteiger partial charge in [0.05, 0.1) is 4.88 Å². The van der Waals surface area contributed by atoms with Gasteiger partial charge in [-0.1, -0.05) is 37.3 Å². The van der Waals surface area contributed by atoms with Gasteiger partial charge in [0, 0.05) is 12.7 Å². The first-order valence-electron chi connectivity index (χ1n) is 6.39. The monoisotopic (exact) mass is 316 g/mol. The van der Waals surface area contributed by atoms with Gasteiger partial charge in [-0.25, -0.2) is 4.98 Å². The number of benzene rings is 1. The van der Waals surface area contributed by atoms with Crippen LogP contribution in [-0.4, -0.2) is 17.9 Å². The van der Waals surface area contributed by atoms with Crippen LogP contribution in [0.4, 0.5) is 18.3 Å². The minimum absolute atomic E-state index is 0.231. The molecule has 0 fully saturated rings. The number of hydrogen-bond acceptors (Lipinski definition) is 4. The van der Waals surface area contributed by atoms with Crippen molar-refractivity contribution in [1.29, 1.82) is 0 Å². The second-order valence-electron chi connectivity index (χ2n) is 4.88. The Labute approximate surface area is 124 Å². The largest absolute Gasteiger partial charge is 0.573 e. The molecule has 114 valence electrons. The molecule has 21 heavy (non-hydrogen) atoms. The smallest absolute Gasteiger partial charge is 0.406 e. The summed E-state index contributed by atoms with van der Waals surface area (Å²) in [4.78, 5) is 5.00. The van der Waals surface area contributed by atoms with Crippen LogP contribution in [0.2, 0.25) is 0 Å². The van der Waals surface area contributed by atoms with E-state index >= 15 is 0 Å². The lowest BCUT2D eigenvalue weighted by Gasteiger charge is -2.09. The summed E-state index contributed by atoms with van der Waals surface area (Å²) in [6, 6.07) is 5.88. The molecule has 1 heterocycles. The van der Waals surface area contributed by atoms with Gasteiger partial charge in [0.2, 0.25) is 0 Å². The number of rotatable bonds is 5. The van der Waals surface area contributed by atoms with Crippen LogP contribution in [0.3, 0.4) is 0 Å². The summed E-state index contributed by atoms with van der Waals surface area (Å²) >= 11 is 1.40. The average molecular weight is 316 g/mol. The molecule has 0 atom stereocenters. The Balaban J connectivity index is 2.13. The summed E-state index contributed by atoms with van der Waals surface area (Å²) in [5, 5.41) is 3.93. The zero-order valence-corrected chi connectivity index (χ0v) is 12.4. The van der Waals surface area contributed by atoms with Crippen molar-refractivity contribution in [3.8, 4) is 16.2 Å². The highest BCUT2D eigenvalue weighted by Gasteiger charge is 2.31. The summed E-state index contributed by atoms with van der Waals surface area (Å²) in [5.74, 6) is 0.256. The Bertz CT molecular complexity index is 596. The van der Waals surface area contributed by atoms with E-state index in [1.165, 1.54) is 29.5 Å². The number of hydrogen-bond donors (Lipinski definition) is 1. The molecule has 0 unspecified atom stereocenters. The van der Waals surface area contributed by atoms with Crippen LogP contribution in [0.25, 0.3) is 10.4 Å². The number of halogens is 3. The van der Waals surface area contributed by atoms with Gasteiger partial charge < -0.3 is 10.1 Å². The van der Waals surface area contributed by atoms with Crippen LogP contribution in [-0.2, 0) is 0 Å². The normalized spacial score (nSPS) is 11.7. The number of thiazole rings is 1. The Morgan fingerprint density at radius 2 is 2.10 bits per heavy atom. The van der Waals surface area contributed by atoms with E-state index in [0.29, 0.717) is 11.5 Å². The first kappa shape index (κ1) is 15.6. The first-order valence-corrected chi connectivity index (χ1v) is 7.21. The van der Waals surface area contributed by atoms with E-state index in [1.54, 1.807) is 12.3 Å². The molecule has 0 aliphatic heterocycles. The Morgan fingerprint density at radius 1 is 1.33 bits per heavy atom. The van der Waals surface area contributed by atoms with E-state index < -0.39 is 6.36 Å². The third kappa shape index (κ3) is 4.93. The van der Waals surface area contributed by atoms with E-state index in [0.717, 1.165) is 16.6 Å². The molecule has 0 aliphatic carbocycles. The second-order valence-corrected chi connectivity index (χ2v) is 5.91. The maximum absolute atomic E-state index is 12.2. The second kappa shape index (κ2) is 6.34. The Morgan fingerprint density at radius 3 is 2.76 bits per heavy atom. The molecule has 3 nitrogen and oxygen atoms in total. The summed E-state index contributed by atoms with van der Waals surface area (Å²) in [6.07, 6.45) is -3.05. The van der Waals surface area contributed by atoms with E-state index in [2.05, 4.69) is 28.9 Å². The summed E-state index contributed by atoms with van der Waals surface area (Å²) < 4.78 is 40.6. The minimum atomic E-state index is -4.68. The molecule has 2 aromatic rings. The zero-order chi connectivity index (χ0) is 15.5. The first-order chi connectivity index (χ1) is 9.83. The predicted molar refractivity (Wildman–Crippen MR) is 77.6 cm³/mol. The zero-order valence-electron chi connectivity index (χ0n) is 11.6. The standard InChI is InChI=1S/C14H15F3N2OS/c1-9(2)7-18-13-19-8-12(21-13)10-4-3-5-11(6-10)20-14(15,16)17/h3-6,8-9H,7H2,1-2H3,(H,18,19). The lowest BCUT2D eigenvalue weighted by Crippen LogP contribution is -2.17. The topological polar surface area (TPSA) is 34.2 Å². The third-order valence-corrected chi connectivity index (χ3v) is 3.52.